The summed E-state index contributed by atoms with van der Waals surface area (Å²) < 4.78 is 12.3. The topological polar surface area (TPSA) is 0 Å². The van der Waals surface area contributed by atoms with E-state index in [1.165, 1.54) is 4.91 Å². The summed E-state index contributed by atoms with van der Waals surface area (Å²) in [5, 5.41) is 0. The van der Waals surface area contributed by atoms with Gasteiger partial charge in [-0.05, 0) is 29.9 Å². The van der Waals surface area contributed by atoms with Crippen LogP contribution in [0.25, 0.3) is 0 Å². The summed E-state index contributed by atoms with van der Waals surface area (Å²) in [6.45, 7) is 6.34. The summed E-state index contributed by atoms with van der Waals surface area (Å²) in [4.78, 5) is 1.36. The molecule has 2 heteroatoms. The number of hydrogen-bond donors (Lipinski definition) is 0. The maximum atomic E-state index is 12.3. The van der Waals surface area contributed by atoms with Crippen LogP contribution in [0.4, 0.5) is 4.39 Å². The van der Waals surface area contributed by atoms with E-state index in [-0.39, 0.29) is 12.1 Å². The van der Waals surface area contributed by atoms with Crippen LogP contribution in [0, 0.1) is 11.3 Å². The summed E-state index contributed by atoms with van der Waals surface area (Å²) in [5.74, 6) is 1.54. The zero-order chi connectivity index (χ0) is 11.3. The zero-order valence-electron chi connectivity index (χ0n) is 9.92. The lowest BCUT2D eigenvalue weighted by Crippen LogP contribution is -2.24. The molecule has 86 valence electrons. The first-order valence-electron chi connectivity index (χ1n) is 5.70. The second kappa shape index (κ2) is 5.74. The number of alkyl halides is 1. The molecule has 15 heavy (non-hydrogen) atoms. The maximum absolute atomic E-state index is 12.3. The zero-order valence-corrected chi connectivity index (χ0v) is 10.7. The van der Waals surface area contributed by atoms with E-state index in [2.05, 4.69) is 39.0 Å². The monoisotopic (exact) mass is 228 g/mol. The highest BCUT2D eigenvalue weighted by atomic mass is 32.2. The molecule has 0 radical (unpaired) electrons. The van der Waals surface area contributed by atoms with E-state index in [1.54, 1.807) is 0 Å². The highest BCUT2D eigenvalue weighted by Gasteiger charge is 2.28. The summed E-state index contributed by atoms with van der Waals surface area (Å²) in [5.41, 5.74) is 0.157. The van der Waals surface area contributed by atoms with Crippen molar-refractivity contribution in [2.24, 2.45) is 11.3 Å². The van der Waals surface area contributed by atoms with Gasteiger partial charge in [0.15, 0.2) is 0 Å². The van der Waals surface area contributed by atoms with Crippen LogP contribution in [0.5, 0.6) is 0 Å². The molecule has 0 N–H and O–H groups in total. The van der Waals surface area contributed by atoms with Gasteiger partial charge in [-0.2, -0.15) is 0 Å². The fraction of sp³-hybridized carbons (Fsp3) is 0.692. The third kappa shape index (κ3) is 3.37. The van der Waals surface area contributed by atoms with Crippen LogP contribution < -0.4 is 0 Å². The quantitative estimate of drug-likeness (QED) is 0.663. The minimum Gasteiger partial charge on any atom is -0.251 e. The van der Waals surface area contributed by atoms with Crippen molar-refractivity contribution in [2.45, 2.75) is 33.6 Å². The third-order valence-corrected chi connectivity index (χ3v) is 4.28. The first-order valence-corrected chi connectivity index (χ1v) is 6.69. The van der Waals surface area contributed by atoms with E-state index in [1.807, 2.05) is 11.8 Å². The average molecular weight is 228 g/mol. The molecule has 0 nitrogen and oxygen atoms in total. The van der Waals surface area contributed by atoms with E-state index in [0.717, 1.165) is 12.2 Å². The van der Waals surface area contributed by atoms with Crippen molar-refractivity contribution in [2.75, 3.05) is 12.4 Å². The normalized spacial score (nSPS) is 27.6. The van der Waals surface area contributed by atoms with Crippen LogP contribution in [0.1, 0.15) is 33.6 Å². The molecule has 0 bridgehead atoms. The van der Waals surface area contributed by atoms with Crippen molar-refractivity contribution in [1.29, 1.82) is 0 Å². The lowest BCUT2D eigenvalue weighted by Gasteiger charge is -2.34. The molecule has 0 saturated carbocycles. The number of hydrogen-bond acceptors (Lipinski definition) is 1. The molecular weight excluding hydrogens is 207 g/mol. The standard InChI is InChI=1S/C13H21FS/c1-4-15-12-5-8-13(3,9-6-12)11(2)7-10-14/h5-6,8,11H,4,7,9-10H2,1-3H3. The predicted molar refractivity (Wildman–Crippen MR) is 67.8 cm³/mol. The van der Waals surface area contributed by atoms with Gasteiger partial charge in [0, 0.05) is 4.91 Å². The highest BCUT2D eigenvalue weighted by molar-refractivity contribution is 8.03. The Balaban J connectivity index is 2.58. The Kier molecular flexibility index (Phi) is 4.91. The molecule has 0 spiro atoms. The first kappa shape index (κ1) is 12.8. The van der Waals surface area contributed by atoms with Crippen molar-refractivity contribution in [3.05, 3.63) is 23.1 Å². The van der Waals surface area contributed by atoms with Crippen LogP contribution in [-0.4, -0.2) is 12.4 Å². The van der Waals surface area contributed by atoms with Gasteiger partial charge in [0.2, 0.25) is 0 Å². The molecule has 0 amide bonds. The Morgan fingerprint density at radius 2 is 2.33 bits per heavy atom. The minimum atomic E-state index is -0.203. The Bertz CT molecular complexity index is 257. The Morgan fingerprint density at radius 3 is 2.80 bits per heavy atom. The second-order valence-electron chi connectivity index (χ2n) is 4.46. The van der Waals surface area contributed by atoms with Gasteiger partial charge in [-0.25, -0.2) is 0 Å². The van der Waals surface area contributed by atoms with Crippen LogP contribution in [0.2, 0.25) is 0 Å². The van der Waals surface area contributed by atoms with Gasteiger partial charge in [-0.1, -0.05) is 39.0 Å². The molecule has 0 aromatic rings. The van der Waals surface area contributed by atoms with E-state index >= 15 is 0 Å². The Morgan fingerprint density at radius 1 is 1.60 bits per heavy atom. The van der Waals surface area contributed by atoms with Crippen LogP contribution in [0.15, 0.2) is 23.1 Å². The maximum Gasteiger partial charge on any atom is 0.0897 e. The SMILES string of the molecule is CCSC1=CCC(C)(C(C)CCF)C=C1. The summed E-state index contributed by atoms with van der Waals surface area (Å²) >= 11 is 1.88. The Labute approximate surface area is 97.0 Å². The molecule has 1 aliphatic carbocycles. The van der Waals surface area contributed by atoms with Crippen LogP contribution in [0.3, 0.4) is 0 Å². The van der Waals surface area contributed by atoms with Gasteiger partial charge >= 0.3 is 0 Å². The molecule has 0 heterocycles. The lowest BCUT2D eigenvalue weighted by atomic mass is 9.72. The fourth-order valence-corrected chi connectivity index (χ4v) is 2.56. The van der Waals surface area contributed by atoms with Crippen molar-refractivity contribution in [3.8, 4) is 0 Å². The van der Waals surface area contributed by atoms with E-state index in [9.17, 15) is 4.39 Å². The molecule has 1 aliphatic rings. The molecule has 0 fully saturated rings. The minimum absolute atomic E-state index is 0.157. The van der Waals surface area contributed by atoms with Crippen LogP contribution in [-0.2, 0) is 0 Å². The third-order valence-electron chi connectivity index (χ3n) is 3.35. The van der Waals surface area contributed by atoms with Crippen molar-refractivity contribution in [1.82, 2.24) is 0 Å². The molecule has 0 aromatic heterocycles. The molecule has 2 atom stereocenters. The molecular formula is C13H21FS. The Hall–Kier alpha value is -0.240. The first-order chi connectivity index (χ1) is 7.12. The molecule has 2 unspecified atom stereocenters. The average Bonchev–Trinajstić information content (AvgIpc) is 2.22. The van der Waals surface area contributed by atoms with Gasteiger partial charge in [-0.15, -0.1) is 11.8 Å². The largest absolute Gasteiger partial charge is 0.251 e. The lowest BCUT2D eigenvalue weighted by molar-refractivity contribution is 0.240. The van der Waals surface area contributed by atoms with Gasteiger partial charge in [-0.3, -0.25) is 4.39 Å². The number of halogens is 1. The van der Waals surface area contributed by atoms with Gasteiger partial charge in [0.05, 0.1) is 6.67 Å². The van der Waals surface area contributed by atoms with Gasteiger partial charge in [0.25, 0.3) is 0 Å². The van der Waals surface area contributed by atoms with E-state index < -0.39 is 0 Å². The smallest absolute Gasteiger partial charge is 0.0897 e. The second-order valence-corrected chi connectivity index (χ2v) is 5.80. The molecule has 0 saturated heterocycles. The number of rotatable bonds is 5. The predicted octanol–water partition coefficient (Wildman–Crippen LogP) is 4.59. The number of thioether (sulfide) groups is 1. The van der Waals surface area contributed by atoms with E-state index in [4.69, 9.17) is 0 Å². The molecule has 0 aromatic carbocycles. The molecule has 0 aliphatic heterocycles. The van der Waals surface area contributed by atoms with Crippen molar-refractivity contribution >= 4 is 11.8 Å². The molecule has 1 rings (SSSR count). The fourth-order valence-electron chi connectivity index (χ4n) is 1.86. The van der Waals surface area contributed by atoms with Gasteiger partial charge < -0.3 is 0 Å². The summed E-state index contributed by atoms with van der Waals surface area (Å²) in [6, 6.07) is 0. The van der Waals surface area contributed by atoms with Crippen LogP contribution >= 0.6 is 11.8 Å². The van der Waals surface area contributed by atoms with Crippen molar-refractivity contribution < 1.29 is 4.39 Å². The van der Waals surface area contributed by atoms with Gasteiger partial charge in [0.1, 0.15) is 0 Å². The van der Waals surface area contributed by atoms with E-state index in [0.29, 0.717) is 12.3 Å². The highest BCUT2D eigenvalue weighted by Crippen LogP contribution is 2.40. The number of allylic oxidation sites excluding steroid dienone is 3. The summed E-state index contributed by atoms with van der Waals surface area (Å²) in [6.07, 6.45) is 8.48. The van der Waals surface area contributed by atoms with Crippen molar-refractivity contribution in [3.63, 3.8) is 0 Å². The summed E-state index contributed by atoms with van der Waals surface area (Å²) in [7, 11) is 0.